The van der Waals surface area contributed by atoms with Gasteiger partial charge in [-0.15, -0.1) is 0 Å². The number of aliphatic carboxylic acids is 1. The number of benzene rings is 1. The van der Waals surface area contributed by atoms with E-state index in [1.54, 1.807) is 32.2 Å². The smallest absolute Gasteiger partial charge is 0.303 e. The summed E-state index contributed by atoms with van der Waals surface area (Å²) in [5.41, 5.74) is 0.298. The molecule has 1 atom stereocenters. The van der Waals surface area contributed by atoms with E-state index in [2.05, 4.69) is 5.32 Å². The molecule has 0 radical (unpaired) electrons. The van der Waals surface area contributed by atoms with Gasteiger partial charge in [-0.05, 0) is 23.1 Å². The van der Waals surface area contributed by atoms with Crippen molar-refractivity contribution in [2.45, 2.75) is 32.7 Å². The lowest BCUT2D eigenvalue weighted by Crippen LogP contribution is -2.33. The minimum atomic E-state index is -0.909. The van der Waals surface area contributed by atoms with Gasteiger partial charge < -0.3 is 14.8 Å². The lowest BCUT2D eigenvalue weighted by atomic mass is 9.85. The second kappa shape index (κ2) is 7.13. The fraction of sp³-hybridized carbons (Fsp3) is 0.333. The largest absolute Gasteiger partial charge is 0.481 e. The number of amides is 1. The summed E-state index contributed by atoms with van der Waals surface area (Å²) in [5, 5.41) is 11.9. The van der Waals surface area contributed by atoms with Gasteiger partial charge in [0.15, 0.2) is 0 Å². The molecule has 0 spiro atoms. The van der Waals surface area contributed by atoms with E-state index in [1.165, 1.54) is 0 Å². The highest BCUT2D eigenvalue weighted by atomic mass is 16.4. The first-order chi connectivity index (χ1) is 10.9. The Labute approximate surface area is 135 Å². The molecule has 0 aliphatic heterocycles. The van der Waals surface area contributed by atoms with Crippen LogP contribution in [0, 0.1) is 5.41 Å². The fourth-order valence-electron chi connectivity index (χ4n) is 2.54. The number of nitrogens with one attached hydrogen (secondary N) is 1. The minimum absolute atomic E-state index is 0.0584. The van der Waals surface area contributed by atoms with Gasteiger partial charge in [-0.25, -0.2) is 0 Å². The average molecular weight is 315 g/mol. The van der Waals surface area contributed by atoms with Crippen LogP contribution < -0.4 is 5.32 Å². The topological polar surface area (TPSA) is 79.5 Å². The summed E-state index contributed by atoms with van der Waals surface area (Å²) in [4.78, 5) is 23.3. The van der Waals surface area contributed by atoms with Crippen LogP contribution in [0.2, 0.25) is 0 Å². The third-order valence-electron chi connectivity index (χ3n) is 3.53. The standard InChI is InChI=1S/C18H21NO4/c1-18(2,12-16(21)22)11-15(20)19-17(14-9-6-10-23-14)13-7-4-3-5-8-13/h3-10,17H,11-12H2,1-2H3,(H,19,20)(H,21,22)/t17-/m1/s1. The second-order valence-electron chi connectivity index (χ2n) is 6.34. The number of carboxylic acids is 1. The molecule has 1 heterocycles. The first-order valence-corrected chi connectivity index (χ1v) is 7.47. The molecule has 2 aromatic rings. The number of carbonyl (C=O) groups is 2. The Morgan fingerprint density at radius 2 is 1.83 bits per heavy atom. The molecule has 0 bridgehead atoms. The summed E-state index contributed by atoms with van der Waals surface area (Å²) in [7, 11) is 0. The van der Waals surface area contributed by atoms with E-state index in [0.29, 0.717) is 5.76 Å². The van der Waals surface area contributed by atoms with Crippen molar-refractivity contribution in [1.29, 1.82) is 0 Å². The van der Waals surface area contributed by atoms with Gasteiger partial charge in [0, 0.05) is 6.42 Å². The highest BCUT2D eigenvalue weighted by Gasteiger charge is 2.27. The average Bonchev–Trinajstić information content (AvgIpc) is 2.97. The van der Waals surface area contributed by atoms with Crippen molar-refractivity contribution in [3.63, 3.8) is 0 Å². The molecule has 1 amide bonds. The number of carboxylic acid groups (broad SMARTS) is 1. The maximum atomic E-state index is 12.4. The summed E-state index contributed by atoms with van der Waals surface area (Å²) in [5.74, 6) is -0.476. The van der Waals surface area contributed by atoms with Crippen LogP contribution in [0.5, 0.6) is 0 Å². The van der Waals surface area contributed by atoms with Gasteiger partial charge in [-0.3, -0.25) is 9.59 Å². The maximum Gasteiger partial charge on any atom is 0.303 e. The Hall–Kier alpha value is -2.56. The molecule has 0 unspecified atom stereocenters. The summed E-state index contributed by atoms with van der Waals surface area (Å²) in [6, 6.07) is 12.7. The molecule has 0 saturated carbocycles. The van der Waals surface area contributed by atoms with Gasteiger partial charge in [0.1, 0.15) is 11.8 Å². The van der Waals surface area contributed by atoms with Crippen LogP contribution in [0.25, 0.3) is 0 Å². The summed E-state index contributed by atoms with van der Waals surface area (Å²) in [6.45, 7) is 3.54. The molecule has 23 heavy (non-hydrogen) atoms. The summed E-state index contributed by atoms with van der Waals surface area (Å²) in [6.07, 6.45) is 1.63. The molecule has 2 N–H and O–H groups in total. The van der Waals surface area contributed by atoms with Gasteiger partial charge in [-0.1, -0.05) is 44.2 Å². The van der Waals surface area contributed by atoms with Crippen LogP contribution in [0.3, 0.4) is 0 Å². The van der Waals surface area contributed by atoms with E-state index in [0.717, 1.165) is 5.56 Å². The molecule has 122 valence electrons. The van der Waals surface area contributed by atoms with Crippen LogP contribution in [-0.4, -0.2) is 17.0 Å². The monoisotopic (exact) mass is 315 g/mol. The predicted octanol–water partition coefficient (Wildman–Crippen LogP) is 3.38. The molecule has 0 saturated heterocycles. The third-order valence-corrected chi connectivity index (χ3v) is 3.53. The van der Waals surface area contributed by atoms with Crippen LogP contribution in [0.15, 0.2) is 53.1 Å². The van der Waals surface area contributed by atoms with E-state index in [-0.39, 0.29) is 24.8 Å². The van der Waals surface area contributed by atoms with Crippen molar-refractivity contribution in [3.8, 4) is 0 Å². The van der Waals surface area contributed by atoms with Crippen LogP contribution in [-0.2, 0) is 9.59 Å². The number of rotatable bonds is 7. The zero-order valence-corrected chi connectivity index (χ0v) is 13.3. The van der Waals surface area contributed by atoms with Crippen molar-refractivity contribution in [3.05, 3.63) is 60.1 Å². The van der Waals surface area contributed by atoms with E-state index in [1.807, 2.05) is 30.3 Å². The van der Waals surface area contributed by atoms with Crippen LogP contribution >= 0.6 is 0 Å². The number of carbonyl (C=O) groups excluding carboxylic acids is 1. The van der Waals surface area contributed by atoms with Gasteiger partial charge in [0.25, 0.3) is 0 Å². The molecule has 0 aliphatic carbocycles. The summed E-state index contributed by atoms with van der Waals surface area (Å²) < 4.78 is 5.44. The molecule has 1 aromatic carbocycles. The lowest BCUT2D eigenvalue weighted by molar-refractivity contribution is -0.139. The normalized spacial score (nSPS) is 12.6. The van der Waals surface area contributed by atoms with Crippen molar-refractivity contribution in [2.24, 2.45) is 5.41 Å². The molecule has 5 heteroatoms. The number of furan rings is 1. The Morgan fingerprint density at radius 3 is 2.39 bits per heavy atom. The highest BCUT2D eigenvalue weighted by molar-refractivity contribution is 5.78. The molecule has 2 rings (SSSR count). The minimum Gasteiger partial charge on any atom is -0.481 e. The van der Waals surface area contributed by atoms with Gasteiger partial charge in [-0.2, -0.15) is 0 Å². The van der Waals surface area contributed by atoms with E-state index < -0.39 is 11.4 Å². The first-order valence-electron chi connectivity index (χ1n) is 7.47. The quantitative estimate of drug-likeness (QED) is 0.821. The van der Waals surface area contributed by atoms with Crippen molar-refractivity contribution in [1.82, 2.24) is 5.32 Å². The van der Waals surface area contributed by atoms with E-state index >= 15 is 0 Å². The van der Waals surface area contributed by atoms with Crippen LogP contribution in [0.4, 0.5) is 0 Å². The molecular formula is C18H21NO4. The Morgan fingerprint density at radius 1 is 1.13 bits per heavy atom. The van der Waals surface area contributed by atoms with Crippen molar-refractivity contribution in [2.75, 3.05) is 0 Å². The number of hydrogen-bond acceptors (Lipinski definition) is 3. The van der Waals surface area contributed by atoms with E-state index in [9.17, 15) is 9.59 Å². The summed E-state index contributed by atoms with van der Waals surface area (Å²) >= 11 is 0. The van der Waals surface area contributed by atoms with E-state index in [4.69, 9.17) is 9.52 Å². The SMILES string of the molecule is CC(C)(CC(=O)O)CC(=O)N[C@H](c1ccccc1)c1ccco1. The van der Waals surface area contributed by atoms with Crippen molar-refractivity contribution >= 4 is 11.9 Å². The van der Waals surface area contributed by atoms with Gasteiger partial charge in [0.2, 0.25) is 5.91 Å². The Balaban J connectivity index is 2.13. The van der Waals surface area contributed by atoms with Crippen LogP contribution in [0.1, 0.15) is 44.1 Å². The molecular weight excluding hydrogens is 294 g/mol. The fourth-order valence-corrected chi connectivity index (χ4v) is 2.54. The molecule has 0 fully saturated rings. The number of hydrogen-bond donors (Lipinski definition) is 2. The molecule has 0 aliphatic rings. The second-order valence-corrected chi connectivity index (χ2v) is 6.34. The first kappa shape index (κ1) is 16.8. The predicted molar refractivity (Wildman–Crippen MR) is 85.8 cm³/mol. The third kappa shape index (κ3) is 4.98. The van der Waals surface area contributed by atoms with Gasteiger partial charge >= 0.3 is 5.97 Å². The zero-order chi connectivity index (χ0) is 16.9. The van der Waals surface area contributed by atoms with Crippen molar-refractivity contribution < 1.29 is 19.1 Å². The zero-order valence-electron chi connectivity index (χ0n) is 13.3. The molecule has 1 aromatic heterocycles. The lowest BCUT2D eigenvalue weighted by Gasteiger charge is -2.24. The molecule has 5 nitrogen and oxygen atoms in total. The Bertz CT molecular complexity index is 647. The Kier molecular flexibility index (Phi) is 5.21. The van der Waals surface area contributed by atoms with Gasteiger partial charge in [0.05, 0.1) is 12.7 Å². The highest BCUT2D eigenvalue weighted by Crippen LogP contribution is 2.27. The maximum absolute atomic E-state index is 12.4.